The molecule has 1 unspecified atom stereocenters. The molecule has 0 aromatic heterocycles. The van der Waals surface area contributed by atoms with Gasteiger partial charge in [0, 0.05) is 25.7 Å². The molecule has 0 aromatic rings. The van der Waals surface area contributed by atoms with E-state index in [9.17, 15) is 4.79 Å². The van der Waals surface area contributed by atoms with Crippen LogP contribution in [0.1, 0.15) is 59.8 Å². The first-order valence-corrected chi connectivity index (χ1v) is 7.99. The molecular weight excluding hydrogens is 252 g/mol. The second kappa shape index (κ2) is 5.92. The minimum absolute atomic E-state index is 0.168. The smallest absolute Gasteiger partial charge is 0.410 e. The first-order chi connectivity index (χ1) is 9.27. The zero-order valence-electron chi connectivity index (χ0n) is 13.5. The molecule has 0 spiro atoms. The summed E-state index contributed by atoms with van der Waals surface area (Å²) in [6, 6.07) is 0.425. The highest BCUT2D eigenvalue weighted by Gasteiger charge is 2.33. The summed E-state index contributed by atoms with van der Waals surface area (Å²) < 4.78 is 5.46. The summed E-state index contributed by atoms with van der Waals surface area (Å²) in [5.41, 5.74) is 0.0884. The van der Waals surface area contributed by atoms with Crippen LogP contribution in [0.2, 0.25) is 0 Å². The normalized spacial score (nSPS) is 26.0. The fourth-order valence-corrected chi connectivity index (χ4v) is 2.98. The molecule has 4 nitrogen and oxygen atoms in total. The number of rotatable bonds is 3. The van der Waals surface area contributed by atoms with Crippen LogP contribution in [-0.4, -0.2) is 42.3 Å². The number of hydrogen-bond acceptors (Lipinski definition) is 3. The third kappa shape index (κ3) is 4.37. The van der Waals surface area contributed by atoms with Gasteiger partial charge in [0.1, 0.15) is 5.60 Å². The highest BCUT2D eigenvalue weighted by molar-refractivity contribution is 5.68. The van der Waals surface area contributed by atoms with Crippen molar-refractivity contribution in [1.29, 1.82) is 0 Å². The highest BCUT2D eigenvalue weighted by Crippen LogP contribution is 2.39. The quantitative estimate of drug-likeness (QED) is 0.864. The van der Waals surface area contributed by atoms with Crippen molar-refractivity contribution in [1.82, 2.24) is 10.2 Å². The minimum Gasteiger partial charge on any atom is -0.444 e. The van der Waals surface area contributed by atoms with Crippen molar-refractivity contribution in [2.75, 3.05) is 19.6 Å². The molecule has 2 fully saturated rings. The van der Waals surface area contributed by atoms with Crippen LogP contribution in [0.4, 0.5) is 4.79 Å². The van der Waals surface area contributed by atoms with E-state index in [-0.39, 0.29) is 6.09 Å². The summed E-state index contributed by atoms with van der Waals surface area (Å²) in [7, 11) is 0. The van der Waals surface area contributed by atoms with E-state index in [4.69, 9.17) is 4.74 Å². The van der Waals surface area contributed by atoms with E-state index in [0.29, 0.717) is 11.5 Å². The Morgan fingerprint density at radius 3 is 2.60 bits per heavy atom. The number of ether oxygens (including phenoxy) is 1. The van der Waals surface area contributed by atoms with Crippen LogP contribution in [0.3, 0.4) is 0 Å². The number of nitrogens with one attached hydrogen (secondary N) is 1. The van der Waals surface area contributed by atoms with Crippen molar-refractivity contribution in [3.63, 3.8) is 0 Å². The summed E-state index contributed by atoms with van der Waals surface area (Å²) in [6.45, 7) is 10.8. The summed E-state index contributed by atoms with van der Waals surface area (Å²) in [6.07, 6.45) is 6.10. The third-order valence-corrected chi connectivity index (χ3v) is 4.45. The van der Waals surface area contributed by atoms with Gasteiger partial charge in [-0.15, -0.1) is 0 Å². The molecule has 1 heterocycles. The lowest BCUT2D eigenvalue weighted by Gasteiger charge is -2.41. The van der Waals surface area contributed by atoms with Crippen LogP contribution in [0.5, 0.6) is 0 Å². The Morgan fingerprint density at radius 2 is 2.05 bits per heavy atom. The summed E-state index contributed by atoms with van der Waals surface area (Å²) in [5.74, 6) is 0. The molecule has 0 bridgehead atoms. The van der Waals surface area contributed by atoms with Gasteiger partial charge in [0.25, 0.3) is 0 Å². The van der Waals surface area contributed by atoms with Crippen LogP contribution in [0.25, 0.3) is 0 Å². The van der Waals surface area contributed by atoms with E-state index in [1.165, 1.54) is 19.3 Å². The highest BCUT2D eigenvalue weighted by atomic mass is 16.6. The van der Waals surface area contributed by atoms with E-state index in [0.717, 1.165) is 32.5 Å². The van der Waals surface area contributed by atoms with Crippen molar-refractivity contribution < 1.29 is 9.53 Å². The fraction of sp³-hybridized carbons (Fsp3) is 0.938. The Morgan fingerprint density at radius 1 is 1.35 bits per heavy atom. The molecule has 1 amide bonds. The Kier molecular flexibility index (Phi) is 4.62. The second-order valence-corrected chi connectivity index (χ2v) is 7.81. The van der Waals surface area contributed by atoms with Gasteiger partial charge in [0.15, 0.2) is 0 Å². The van der Waals surface area contributed by atoms with Gasteiger partial charge in [-0.2, -0.15) is 0 Å². The van der Waals surface area contributed by atoms with Crippen LogP contribution in [0.15, 0.2) is 0 Å². The van der Waals surface area contributed by atoms with Gasteiger partial charge in [0.2, 0.25) is 0 Å². The minimum atomic E-state index is -0.406. The molecule has 0 radical (unpaired) electrons. The standard InChI is InChI=1S/C16H30N2O2/c1-15(2,3)20-14(19)18-10-5-7-13(11-18)17-12-16(4)8-6-9-16/h13,17H,5-12H2,1-4H3. The van der Waals surface area contributed by atoms with Crippen molar-refractivity contribution in [2.45, 2.75) is 71.4 Å². The van der Waals surface area contributed by atoms with Crippen LogP contribution in [0, 0.1) is 5.41 Å². The number of carbonyl (C=O) groups excluding carboxylic acids is 1. The van der Waals surface area contributed by atoms with Crippen molar-refractivity contribution in [3.05, 3.63) is 0 Å². The number of likely N-dealkylation sites (tertiary alicyclic amines) is 1. The Bertz CT molecular complexity index is 345. The van der Waals surface area contributed by atoms with Gasteiger partial charge in [-0.25, -0.2) is 4.79 Å². The Hall–Kier alpha value is -0.770. The maximum Gasteiger partial charge on any atom is 0.410 e. The van der Waals surface area contributed by atoms with Crippen LogP contribution >= 0.6 is 0 Å². The van der Waals surface area contributed by atoms with Crippen molar-refractivity contribution >= 4 is 6.09 Å². The molecule has 2 aliphatic rings. The lowest BCUT2D eigenvalue weighted by molar-refractivity contribution is 0.0179. The molecule has 0 aromatic carbocycles. The maximum atomic E-state index is 12.1. The van der Waals surface area contributed by atoms with Crippen LogP contribution in [-0.2, 0) is 4.74 Å². The number of piperidine rings is 1. The number of hydrogen-bond donors (Lipinski definition) is 1. The second-order valence-electron chi connectivity index (χ2n) is 7.81. The molecule has 1 atom stereocenters. The van der Waals surface area contributed by atoms with E-state index in [1.54, 1.807) is 0 Å². The lowest BCUT2D eigenvalue weighted by atomic mass is 9.70. The van der Waals surface area contributed by atoms with Gasteiger partial charge in [-0.3, -0.25) is 0 Å². The number of nitrogens with zero attached hydrogens (tertiary/aromatic N) is 1. The fourth-order valence-electron chi connectivity index (χ4n) is 2.98. The molecule has 116 valence electrons. The molecule has 1 saturated heterocycles. The average molecular weight is 282 g/mol. The Balaban J connectivity index is 1.77. The largest absolute Gasteiger partial charge is 0.444 e. The SMILES string of the molecule is CC1(CNC2CCCN(C(=O)OC(C)(C)C)C2)CCC1. The van der Waals surface area contributed by atoms with Gasteiger partial charge >= 0.3 is 6.09 Å². The molecule has 20 heavy (non-hydrogen) atoms. The molecule has 4 heteroatoms. The lowest BCUT2D eigenvalue weighted by Crippen LogP contribution is -2.51. The zero-order valence-corrected chi connectivity index (χ0v) is 13.5. The predicted molar refractivity (Wildman–Crippen MR) is 80.8 cm³/mol. The molecule has 1 aliphatic carbocycles. The number of carbonyl (C=O) groups is 1. The van der Waals surface area contributed by atoms with Crippen molar-refractivity contribution in [3.8, 4) is 0 Å². The number of amides is 1. The third-order valence-electron chi connectivity index (χ3n) is 4.45. The average Bonchev–Trinajstić information content (AvgIpc) is 2.32. The predicted octanol–water partition coefficient (Wildman–Crippen LogP) is 3.17. The van der Waals surface area contributed by atoms with Gasteiger partial charge < -0.3 is 15.0 Å². The molecular formula is C16H30N2O2. The Labute approximate surface area is 123 Å². The summed E-state index contributed by atoms with van der Waals surface area (Å²) in [4.78, 5) is 14.0. The molecule has 2 rings (SSSR count). The maximum absolute atomic E-state index is 12.1. The van der Waals surface area contributed by atoms with Crippen molar-refractivity contribution in [2.24, 2.45) is 5.41 Å². The van der Waals surface area contributed by atoms with Crippen LogP contribution < -0.4 is 5.32 Å². The summed E-state index contributed by atoms with van der Waals surface area (Å²) in [5, 5.41) is 3.66. The van der Waals surface area contributed by atoms with Gasteiger partial charge in [-0.1, -0.05) is 13.3 Å². The van der Waals surface area contributed by atoms with Gasteiger partial charge in [0.05, 0.1) is 0 Å². The van der Waals surface area contributed by atoms with Gasteiger partial charge in [-0.05, 0) is 51.9 Å². The topological polar surface area (TPSA) is 41.6 Å². The zero-order chi connectivity index (χ0) is 14.8. The van der Waals surface area contributed by atoms with E-state index in [2.05, 4.69) is 12.2 Å². The monoisotopic (exact) mass is 282 g/mol. The molecule has 1 saturated carbocycles. The first kappa shape index (κ1) is 15.6. The van der Waals surface area contributed by atoms with E-state index in [1.807, 2.05) is 25.7 Å². The molecule has 1 aliphatic heterocycles. The van der Waals surface area contributed by atoms with E-state index < -0.39 is 5.60 Å². The first-order valence-electron chi connectivity index (χ1n) is 7.99. The molecule has 1 N–H and O–H groups in total. The summed E-state index contributed by atoms with van der Waals surface area (Å²) >= 11 is 0. The van der Waals surface area contributed by atoms with E-state index >= 15 is 0 Å².